The van der Waals surface area contributed by atoms with Gasteiger partial charge in [0.1, 0.15) is 5.76 Å². The lowest BCUT2D eigenvalue weighted by molar-refractivity contribution is 0.342. The van der Waals surface area contributed by atoms with E-state index >= 15 is 0 Å². The summed E-state index contributed by atoms with van der Waals surface area (Å²) in [7, 11) is 0. The molecular weight excluding hydrogens is 130 g/mol. The third kappa shape index (κ3) is 3.74. The zero-order chi connectivity index (χ0) is 7.98. The van der Waals surface area contributed by atoms with Gasteiger partial charge >= 0.3 is 0 Å². The molecule has 0 aliphatic carbocycles. The molecule has 0 saturated carbocycles. The van der Waals surface area contributed by atoms with Crippen molar-refractivity contribution < 1.29 is 10.2 Å². The van der Waals surface area contributed by atoms with Crippen molar-refractivity contribution in [1.29, 1.82) is 0 Å². The molecule has 4 N–H and O–H groups in total. The summed E-state index contributed by atoms with van der Waals surface area (Å²) >= 11 is 0. The van der Waals surface area contributed by atoms with E-state index in [0.717, 1.165) is 0 Å². The lowest BCUT2D eigenvalue weighted by Gasteiger charge is -1.91. The standard InChI is InChI=1S/C7H11NO2/c1-2-7(10)5-6(8)3-4-9/h2-3,5,9-10H,1,4,8H2/b6-3+,7-5+. The highest BCUT2D eigenvalue weighted by atomic mass is 16.3. The molecule has 0 radical (unpaired) electrons. The maximum atomic E-state index is 8.80. The van der Waals surface area contributed by atoms with Gasteiger partial charge in [0.25, 0.3) is 0 Å². The summed E-state index contributed by atoms with van der Waals surface area (Å²) in [6, 6.07) is 0. The minimum atomic E-state index is -0.132. The van der Waals surface area contributed by atoms with Gasteiger partial charge < -0.3 is 15.9 Å². The topological polar surface area (TPSA) is 66.5 Å². The third-order valence-corrected chi connectivity index (χ3v) is 0.851. The van der Waals surface area contributed by atoms with Gasteiger partial charge in [0.05, 0.1) is 6.61 Å². The molecule has 0 atom stereocenters. The monoisotopic (exact) mass is 141 g/mol. The summed E-state index contributed by atoms with van der Waals surface area (Å²) in [6.07, 6.45) is 3.95. The number of allylic oxidation sites excluding steroid dienone is 2. The number of hydrogen-bond acceptors (Lipinski definition) is 3. The Morgan fingerprint density at radius 3 is 2.60 bits per heavy atom. The second-order valence-electron chi connectivity index (χ2n) is 1.66. The number of aliphatic hydroxyl groups excluding tert-OH is 2. The van der Waals surface area contributed by atoms with Crippen molar-refractivity contribution in [2.45, 2.75) is 0 Å². The minimum Gasteiger partial charge on any atom is -0.508 e. The second kappa shape index (κ2) is 4.64. The lowest BCUT2D eigenvalue weighted by Crippen LogP contribution is -1.95. The van der Waals surface area contributed by atoms with E-state index in [1.54, 1.807) is 0 Å². The Hall–Kier alpha value is -1.22. The summed E-state index contributed by atoms with van der Waals surface area (Å²) in [6.45, 7) is 3.18. The molecule has 0 fully saturated rings. The molecule has 0 rings (SSSR count). The minimum absolute atomic E-state index is 0.0119. The van der Waals surface area contributed by atoms with Crippen molar-refractivity contribution in [3.05, 3.63) is 36.3 Å². The molecule has 0 aliphatic rings. The van der Waals surface area contributed by atoms with Crippen LogP contribution in [0.4, 0.5) is 0 Å². The van der Waals surface area contributed by atoms with Crippen LogP contribution in [0.15, 0.2) is 36.3 Å². The first-order valence-electron chi connectivity index (χ1n) is 2.80. The average Bonchev–Trinajstić information content (AvgIpc) is 1.88. The van der Waals surface area contributed by atoms with Crippen LogP contribution >= 0.6 is 0 Å². The van der Waals surface area contributed by atoms with E-state index < -0.39 is 0 Å². The van der Waals surface area contributed by atoms with Gasteiger partial charge in [-0.1, -0.05) is 6.58 Å². The Morgan fingerprint density at radius 2 is 2.20 bits per heavy atom. The average molecular weight is 141 g/mol. The maximum absolute atomic E-state index is 8.80. The van der Waals surface area contributed by atoms with Gasteiger partial charge in [0.15, 0.2) is 0 Å². The lowest BCUT2D eigenvalue weighted by atomic mass is 10.3. The van der Waals surface area contributed by atoms with Gasteiger partial charge in [0, 0.05) is 11.8 Å². The molecule has 0 aromatic heterocycles. The van der Waals surface area contributed by atoms with Crippen LogP contribution in [0.5, 0.6) is 0 Å². The van der Waals surface area contributed by atoms with E-state index in [1.807, 2.05) is 0 Å². The smallest absolute Gasteiger partial charge is 0.117 e. The van der Waals surface area contributed by atoms with Gasteiger partial charge in [-0.15, -0.1) is 0 Å². The highest BCUT2D eigenvalue weighted by molar-refractivity contribution is 5.22. The van der Waals surface area contributed by atoms with Gasteiger partial charge in [0.2, 0.25) is 0 Å². The molecule has 0 aromatic carbocycles. The van der Waals surface area contributed by atoms with Crippen LogP contribution in [0.2, 0.25) is 0 Å². The van der Waals surface area contributed by atoms with Crippen molar-refractivity contribution in [2.24, 2.45) is 5.73 Å². The third-order valence-electron chi connectivity index (χ3n) is 0.851. The summed E-state index contributed by atoms with van der Waals surface area (Å²) in [5.74, 6) is -0.0119. The first-order chi connectivity index (χ1) is 4.70. The van der Waals surface area contributed by atoms with Gasteiger partial charge in [-0.05, 0) is 12.2 Å². The molecule has 0 saturated heterocycles. The van der Waals surface area contributed by atoms with Crippen LogP contribution in [0.1, 0.15) is 0 Å². The first-order valence-corrected chi connectivity index (χ1v) is 2.80. The predicted octanol–water partition coefficient (Wildman–Crippen LogP) is 0.449. The van der Waals surface area contributed by atoms with Gasteiger partial charge in [-0.3, -0.25) is 0 Å². The molecule has 3 nitrogen and oxygen atoms in total. The molecular formula is C7H11NO2. The quantitative estimate of drug-likeness (QED) is 0.395. The maximum Gasteiger partial charge on any atom is 0.117 e. The van der Waals surface area contributed by atoms with Crippen molar-refractivity contribution >= 4 is 0 Å². The fourth-order valence-corrected chi connectivity index (χ4v) is 0.394. The van der Waals surface area contributed by atoms with E-state index in [1.165, 1.54) is 18.2 Å². The van der Waals surface area contributed by atoms with Gasteiger partial charge in [-0.2, -0.15) is 0 Å². The highest BCUT2D eigenvalue weighted by Crippen LogP contribution is 1.93. The Bertz CT molecular complexity index is 170. The fourth-order valence-electron chi connectivity index (χ4n) is 0.394. The Labute approximate surface area is 59.8 Å². The molecule has 3 heteroatoms. The van der Waals surface area contributed by atoms with E-state index in [0.29, 0.717) is 5.70 Å². The SMILES string of the molecule is C=C/C(O)=C\C(N)=C/CO. The molecule has 0 aliphatic heterocycles. The van der Waals surface area contributed by atoms with Crippen LogP contribution in [0.3, 0.4) is 0 Å². The zero-order valence-corrected chi connectivity index (χ0v) is 5.62. The first kappa shape index (κ1) is 8.78. The second-order valence-corrected chi connectivity index (χ2v) is 1.66. The van der Waals surface area contributed by atoms with Gasteiger partial charge in [-0.25, -0.2) is 0 Å². The van der Waals surface area contributed by atoms with E-state index in [9.17, 15) is 0 Å². The molecule has 0 heterocycles. The molecule has 0 bridgehead atoms. The van der Waals surface area contributed by atoms with Crippen molar-refractivity contribution in [1.82, 2.24) is 0 Å². The molecule has 0 aromatic rings. The zero-order valence-electron chi connectivity index (χ0n) is 5.62. The largest absolute Gasteiger partial charge is 0.508 e. The van der Waals surface area contributed by atoms with Crippen LogP contribution in [0.25, 0.3) is 0 Å². The molecule has 10 heavy (non-hydrogen) atoms. The predicted molar refractivity (Wildman–Crippen MR) is 40.3 cm³/mol. The summed E-state index contributed by atoms with van der Waals surface area (Å²) in [5, 5.41) is 17.1. The Morgan fingerprint density at radius 1 is 1.60 bits per heavy atom. The highest BCUT2D eigenvalue weighted by Gasteiger charge is 1.84. The molecule has 0 spiro atoms. The van der Waals surface area contributed by atoms with E-state index in [4.69, 9.17) is 15.9 Å². The van der Waals surface area contributed by atoms with E-state index in [2.05, 4.69) is 6.58 Å². The molecule has 0 amide bonds. The van der Waals surface area contributed by atoms with Crippen LogP contribution in [-0.4, -0.2) is 16.8 Å². The van der Waals surface area contributed by atoms with Crippen LogP contribution < -0.4 is 5.73 Å². The summed E-state index contributed by atoms with van der Waals surface area (Å²) in [4.78, 5) is 0. The fraction of sp³-hybridized carbons (Fsp3) is 0.143. The number of hydrogen-bond donors (Lipinski definition) is 3. The molecule has 56 valence electrons. The molecule has 0 unspecified atom stereocenters. The van der Waals surface area contributed by atoms with E-state index in [-0.39, 0.29) is 12.4 Å². The van der Waals surface area contributed by atoms with Crippen LogP contribution in [0, 0.1) is 0 Å². The normalized spacial score (nSPS) is 13.3. The van der Waals surface area contributed by atoms with Crippen LogP contribution in [-0.2, 0) is 0 Å². The van der Waals surface area contributed by atoms with Crippen molar-refractivity contribution in [2.75, 3.05) is 6.61 Å². The Kier molecular flexibility index (Phi) is 4.07. The summed E-state index contributed by atoms with van der Waals surface area (Å²) < 4.78 is 0. The number of aliphatic hydroxyl groups is 2. The number of rotatable bonds is 3. The van der Waals surface area contributed by atoms with Crippen molar-refractivity contribution in [3.63, 3.8) is 0 Å². The Balaban J connectivity index is 4.11. The number of nitrogens with two attached hydrogens (primary N) is 1. The summed E-state index contributed by atoms with van der Waals surface area (Å²) in [5.41, 5.74) is 5.60. The van der Waals surface area contributed by atoms with Crippen molar-refractivity contribution in [3.8, 4) is 0 Å².